The van der Waals surface area contributed by atoms with Gasteiger partial charge in [-0.05, 0) is 26.9 Å². The molecule has 1 rings (SSSR count). The third-order valence-electron chi connectivity index (χ3n) is 3.50. The molecule has 18 heavy (non-hydrogen) atoms. The van der Waals surface area contributed by atoms with Crippen molar-refractivity contribution in [2.75, 3.05) is 40.9 Å². The van der Waals surface area contributed by atoms with Crippen LogP contribution in [0.1, 0.15) is 25.7 Å². The summed E-state index contributed by atoms with van der Waals surface area (Å²) >= 11 is 0. The van der Waals surface area contributed by atoms with E-state index in [0.717, 1.165) is 25.9 Å². The number of hydrogen-bond acceptors (Lipinski definition) is 4. The number of ether oxygens (including phenoxy) is 1. The van der Waals surface area contributed by atoms with Crippen LogP contribution in [0.25, 0.3) is 0 Å². The Kier molecular flexibility index (Phi) is 6.60. The van der Waals surface area contributed by atoms with Gasteiger partial charge in [0.15, 0.2) is 0 Å². The van der Waals surface area contributed by atoms with Gasteiger partial charge in [-0.25, -0.2) is 0 Å². The summed E-state index contributed by atoms with van der Waals surface area (Å²) in [6.07, 6.45) is 4.66. The predicted octanol–water partition coefficient (Wildman–Crippen LogP) is 0.293. The summed E-state index contributed by atoms with van der Waals surface area (Å²) in [4.78, 5) is 16.4. The molecule has 1 unspecified atom stereocenters. The van der Waals surface area contributed by atoms with E-state index in [9.17, 15) is 4.79 Å². The van der Waals surface area contributed by atoms with Crippen LogP contribution < -0.4 is 5.73 Å². The number of hydrogen-bond donors (Lipinski definition) is 1. The Hall–Kier alpha value is -0.650. The molecule has 0 aliphatic heterocycles. The minimum atomic E-state index is -0.530. The Balaban J connectivity index is 2.60. The molecule has 2 N–H and O–H groups in total. The van der Waals surface area contributed by atoms with Gasteiger partial charge in [-0.15, -0.1) is 0 Å². The van der Waals surface area contributed by atoms with Gasteiger partial charge in [0.25, 0.3) is 0 Å². The van der Waals surface area contributed by atoms with Gasteiger partial charge in [-0.3, -0.25) is 4.79 Å². The van der Waals surface area contributed by atoms with E-state index in [0.29, 0.717) is 12.6 Å². The highest BCUT2D eigenvalue weighted by molar-refractivity contribution is 5.82. The van der Waals surface area contributed by atoms with Gasteiger partial charge < -0.3 is 20.3 Å². The molecule has 106 valence electrons. The zero-order chi connectivity index (χ0) is 13.5. The van der Waals surface area contributed by atoms with Crippen LogP contribution >= 0.6 is 0 Å². The lowest BCUT2D eigenvalue weighted by Gasteiger charge is -2.32. The zero-order valence-electron chi connectivity index (χ0n) is 11.9. The minimum absolute atomic E-state index is 0.0330. The second-order valence-electron chi connectivity index (χ2n) is 5.34. The summed E-state index contributed by atoms with van der Waals surface area (Å²) in [5, 5.41) is 0. The van der Waals surface area contributed by atoms with Crippen LogP contribution in [-0.2, 0) is 9.53 Å². The Morgan fingerprint density at radius 3 is 2.44 bits per heavy atom. The molecule has 1 aliphatic rings. The van der Waals surface area contributed by atoms with Gasteiger partial charge in [0.1, 0.15) is 6.04 Å². The maximum atomic E-state index is 12.3. The fourth-order valence-corrected chi connectivity index (χ4v) is 2.46. The Labute approximate surface area is 110 Å². The number of nitrogens with two attached hydrogens (primary N) is 1. The van der Waals surface area contributed by atoms with Crippen molar-refractivity contribution < 1.29 is 9.53 Å². The molecule has 5 heteroatoms. The van der Waals surface area contributed by atoms with Crippen LogP contribution in [0.4, 0.5) is 0 Å². The molecule has 0 bridgehead atoms. The highest BCUT2D eigenvalue weighted by Gasteiger charge is 2.29. The number of likely N-dealkylation sites (N-methyl/N-ethyl adjacent to an activating group) is 1. The topological polar surface area (TPSA) is 58.8 Å². The van der Waals surface area contributed by atoms with E-state index in [2.05, 4.69) is 4.90 Å². The maximum Gasteiger partial charge on any atom is 0.242 e. The standard InChI is InChI=1S/C13H27N3O2/c1-15(2)8-9-16(11-6-4-5-7-11)13(17)12(14)10-18-3/h11-12H,4-10,14H2,1-3H3. The molecule has 0 saturated heterocycles. The molecule has 5 nitrogen and oxygen atoms in total. The van der Waals surface area contributed by atoms with Crippen molar-refractivity contribution in [3.05, 3.63) is 0 Å². The van der Waals surface area contributed by atoms with Crippen LogP contribution in [-0.4, -0.2) is 68.7 Å². The van der Waals surface area contributed by atoms with Gasteiger partial charge in [-0.1, -0.05) is 12.8 Å². The van der Waals surface area contributed by atoms with E-state index in [1.165, 1.54) is 12.8 Å². The molecule has 0 spiro atoms. The van der Waals surface area contributed by atoms with Crippen molar-refractivity contribution in [1.29, 1.82) is 0 Å². The highest BCUT2D eigenvalue weighted by atomic mass is 16.5. The van der Waals surface area contributed by atoms with Gasteiger partial charge in [-0.2, -0.15) is 0 Å². The van der Waals surface area contributed by atoms with E-state index in [-0.39, 0.29) is 5.91 Å². The van der Waals surface area contributed by atoms with E-state index in [4.69, 9.17) is 10.5 Å². The number of carbonyl (C=O) groups excluding carboxylic acids is 1. The smallest absolute Gasteiger partial charge is 0.242 e. The van der Waals surface area contributed by atoms with Crippen molar-refractivity contribution in [3.8, 4) is 0 Å². The van der Waals surface area contributed by atoms with Crippen LogP contribution in [0.3, 0.4) is 0 Å². The van der Waals surface area contributed by atoms with E-state index in [1.54, 1.807) is 7.11 Å². The van der Waals surface area contributed by atoms with Crippen molar-refractivity contribution >= 4 is 5.91 Å². The van der Waals surface area contributed by atoms with E-state index in [1.807, 2.05) is 19.0 Å². The van der Waals surface area contributed by atoms with Gasteiger partial charge in [0.2, 0.25) is 5.91 Å². The first-order valence-electron chi connectivity index (χ1n) is 6.76. The summed E-state index contributed by atoms with van der Waals surface area (Å²) < 4.78 is 4.98. The monoisotopic (exact) mass is 257 g/mol. The molecule has 0 radical (unpaired) electrons. The average Bonchev–Trinajstić information content (AvgIpc) is 2.82. The first-order valence-corrected chi connectivity index (χ1v) is 6.76. The fraction of sp³-hybridized carbons (Fsp3) is 0.923. The molecule has 1 fully saturated rings. The fourth-order valence-electron chi connectivity index (χ4n) is 2.46. The molecule has 1 aliphatic carbocycles. The normalized spacial score (nSPS) is 18.3. The number of amides is 1. The third kappa shape index (κ3) is 4.55. The molecule has 0 aromatic rings. The van der Waals surface area contributed by atoms with Crippen molar-refractivity contribution in [1.82, 2.24) is 9.80 Å². The van der Waals surface area contributed by atoms with Crippen molar-refractivity contribution in [2.45, 2.75) is 37.8 Å². The minimum Gasteiger partial charge on any atom is -0.383 e. The van der Waals surface area contributed by atoms with Crippen LogP contribution in [0.2, 0.25) is 0 Å². The van der Waals surface area contributed by atoms with Crippen molar-refractivity contribution in [3.63, 3.8) is 0 Å². The Morgan fingerprint density at radius 2 is 1.94 bits per heavy atom. The highest BCUT2D eigenvalue weighted by Crippen LogP contribution is 2.23. The summed E-state index contributed by atoms with van der Waals surface area (Å²) in [7, 11) is 5.62. The van der Waals surface area contributed by atoms with Crippen LogP contribution in [0.5, 0.6) is 0 Å². The van der Waals surface area contributed by atoms with Crippen LogP contribution in [0, 0.1) is 0 Å². The molecule has 1 atom stereocenters. The number of rotatable bonds is 7. The summed E-state index contributed by atoms with van der Waals surface area (Å²) in [6, 6.07) is -0.155. The maximum absolute atomic E-state index is 12.3. The predicted molar refractivity (Wildman–Crippen MR) is 72.4 cm³/mol. The zero-order valence-corrected chi connectivity index (χ0v) is 11.9. The molecule has 0 aromatic heterocycles. The lowest BCUT2D eigenvalue weighted by Crippen LogP contribution is -2.51. The molecular formula is C13H27N3O2. The Bertz CT molecular complexity index is 253. The third-order valence-corrected chi connectivity index (χ3v) is 3.50. The van der Waals surface area contributed by atoms with Crippen LogP contribution in [0.15, 0.2) is 0 Å². The van der Waals surface area contributed by atoms with Gasteiger partial charge in [0.05, 0.1) is 6.61 Å². The number of nitrogens with zero attached hydrogens (tertiary/aromatic N) is 2. The summed E-state index contributed by atoms with van der Waals surface area (Å²) in [6.45, 7) is 1.93. The van der Waals surface area contributed by atoms with Crippen molar-refractivity contribution in [2.24, 2.45) is 5.73 Å². The molecule has 1 amide bonds. The quantitative estimate of drug-likeness (QED) is 0.712. The first kappa shape index (κ1) is 15.4. The Morgan fingerprint density at radius 1 is 1.33 bits per heavy atom. The first-order chi connectivity index (χ1) is 8.56. The van der Waals surface area contributed by atoms with Gasteiger partial charge in [0, 0.05) is 26.2 Å². The molecule has 0 heterocycles. The largest absolute Gasteiger partial charge is 0.383 e. The lowest BCUT2D eigenvalue weighted by molar-refractivity contribution is -0.136. The van der Waals surface area contributed by atoms with E-state index >= 15 is 0 Å². The average molecular weight is 257 g/mol. The molecule has 1 saturated carbocycles. The number of carbonyl (C=O) groups is 1. The lowest BCUT2D eigenvalue weighted by atomic mass is 10.1. The second kappa shape index (κ2) is 7.71. The summed E-state index contributed by atoms with van der Waals surface area (Å²) in [5.74, 6) is 0.0330. The molecule has 0 aromatic carbocycles. The SMILES string of the molecule is COCC(N)C(=O)N(CCN(C)C)C1CCCC1. The van der Waals surface area contributed by atoms with Gasteiger partial charge >= 0.3 is 0 Å². The number of methoxy groups -OCH3 is 1. The molecular weight excluding hydrogens is 230 g/mol. The summed E-state index contributed by atoms with van der Waals surface area (Å²) in [5.41, 5.74) is 5.87. The second-order valence-corrected chi connectivity index (χ2v) is 5.34. The van der Waals surface area contributed by atoms with E-state index < -0.39 is 6.04 Å².